The van der Waals surface area contributed by atoms with Crippen LogP contribution in [0.2, 0.25) is 0 Å². The van der Waals surface area contributed by atoms with Crippen molar-refractivity contribution in [2.24, 2.45) is 0 Å². The number of amides is 2. The second-order valence-electron chi connectivity index (χ2n) is 5.22. The molecule has 0 aliphatic carbocycles. The van der Waals surface area contributed by atoms with Crippen molar-refractivity contribution >= 4 is 27.9 Å². The molecule has 0 aliphatic rings. The first-order valence-electron chi connectivity index (χ1n) is 7.43. The van der Waals surface area contributed by atoms with Crippen molar-refractivity contribution in [3.63, 3.8) is 0 Å². The molecular weight excluding hydrogens is 354 g/mol. The van der Waals surface area contributed by atoms with Crippen LogP contribution in [0.15, 0.2) is 65.2 Å². The summed E-state index contributed by atoms with van der Waals surface area (Å²) >= 11 is 0. The van der Waals surface area contributed by atoms with Crippen LogP contribution in [0.1, 0.15) is 18.1 Å². The van der Waals surface area contributed by atoms with Gasteiger partial charge in [-0.05, 0) is 29.8 Å². The van der Waals surface area contributed by atoms with Crippen molar-refractivity contribution in [1.29, 1.82) is 5.26 Å². The zero-order valence-electron chi connectivity index (χ0n) is 13.8. The fourth-order valence-electron chi connectivity index (χ4n) is 2.03. The Morgan fingerprint density at radius 2 is 1.77 bits per heavy atom. The number of benzene rings is 2. The monoisotopic (exact) mass is 369 g/mol. The molecule has 2 N–H and O–H groups in total. The molecule has 8 heteroatoms. The molecule has 0 radical (unpaired) electrons. The standard InChI is InChI=1S/C18H15N3O4S/c1-13(22)20-17(11-14-6-3-2-4-7-14)18(23)21-26(24,25)16-9-5-8-15(10-16)12-19/h2-11H,1H3,(H,20,22)(H,21,23)/b17-11-. The van der Waals surface area contributed by atoms with Gasteiger partial charge in [-0.3, -0.25) is 9.59 Å². The first-order chi connectivity index (χ1) is 12.3. The molecule has 0 saturated heterocycles. The average Bonchev–Trinajstić information content (AvgIpc) is 2.61. The lowest BCUT2D eigenvalue weighted by Gasteiger charge is -2.10. The van der Waals surface area contributed by atoms with E-state index < -0.39 is 21.8 Å². The van der Waals surface area contributed by atoms with Gasteiger partial charge in [0, 0.05) is 6.92 Å². The lowest BCUT2D eigenvalue weighted by atomic mass is 10.2. The Labute approximate surface area is 151 Å². The van der Waals surface area contributed by atoms with Crippen molar-refractivity contribution in [3.8, 4) is 6.07 Å². The Morgan fingerprint density at radius 1 is 1.08 bits per heavy atom. The summed E-state index contributed by atoms with van der Waals surface area (Å²) in [5, 5.41) is 11.2. The molecule has 0 unspecified atom stereocenters. The maximum atomic E-state index is 12.4. The SMILES string of the molecule is CC(=O)N/C(=C\c1ccccc1)C(=O)NS(=O)(=O)c1cccc(C#N)c1. The van der Waals surface area contributed by atoms with Crippen molar-refractivity contribution in [3.05, 3.63) is 71.4 Å². The highest BCUT2D eigenvalue weighted by Crippen LogP contribution is 2.12. The molecule has 132 valence electrons. The summed E-state index contributed by atoms with van der Waals surface area (Å²) in [6.07, 6.45) is 1.36. The molecule has 7 nitrogen and oxygen atoms in total. The minimum absolute atomic E-state index is 0.141. The fraction of sp³-hybridized carbons (Fsp3) is 0.0556. The normalized spacial score (nSPS) is 11.3. The van der Waals surface area contributed by atoms with E-state index in [2.05, 4.69) is 5.32 Å². The summed E-state index contributed by atoms with van der Waals surface area (Å²) in [5.41, 5.74) is 0.529. The number of carbonyl (C=O) groups excluding carboxylic acids is 2. The average molecular weight is 369 g/mol. The molecule has 0 atom stereocenters. The number of hydrogen-bond acceptors (Lipinski definition) is 5. The Kier molecular flexibility index (Phi) is 5.88. The summed E-state index contributed by atoms with van der Waals surface area (Å²) in [7, 11) is -4.21. The highest BCUT2D eigenvalue weighted by Gasteiger charge is 2.21. The molecule has 0 fully saturated rings. The van der Waals surface area contributed by atoms with Crippen LogP contribution >= 0.6 is 0 Å². The van der Waals surface area contributed by atoms with E-state index in [-0.39, 0.29) is 16.2 Å². The molecule has 26 heavy (non-hydrogen) atoms. The van der Waals surface area contributed by atoms with E-state index in [0.29, 0.717) is 5.56 Å². The molecule has 2 rings (SSSR count). The number of sulfonamides is 1. The van der Waals surface area contributed by atoms with Gasteiger partial charge in [-0.15, -0.1) is 0 Å². The lowest BCUT2D eigenvalue weighted by molar-refractivity contribution is -0.121. The van der Waals surface area contributed by atoms with Gasteiger partial charge < -0.3 is 5.32 Å². The Morgan fingerprint density at radius 3 is 2.38 bits per heavy atom. The van der Waals surface area contributed by atoms with Crippen LogP contribution < -0.4 is 10.0 Å². The van der Waals surface area contributed by atoms with Crippen LogP contribution in [0.4, 0.5) is 0 Å². The van der Waals surface area contributed by atoms with E-state index in [4.69, 9.17) is 5.26 Å². The Balaban J connectivity index is 2.32. The number of hydrogen-bond donors (Lipinski definition) is 2. The van der Waals surface area contributed by atoms with Crippen molar-refractivity contribution in [2.45, 2.75) is 11.8 Å². The van der Waals surface area contributed by atoms with E-state index in [9.17, 15) is 18.0 Å². The molecule has 2 aromatic rings. The van der Waals surface area contributed by atoms with Gasteiger partial charge in [0.05, 0.1) is 16.5 Å². The zero-order valence-corrected chi connectivity index (χ0v) is 14.6. The fourth-order valence-corrected chi connectivity index (χ4v) is 3.04. The first kappa shape index (κ1) is 18.9. The van der Waals surface area contributed by atoms with E-state index in [1.807, 2.05) is 10.8 Å². The van der Waals surface area contributed by atoms with E-state index >= 15 is 0 Å². The third-order valence-electron chi connectivity index (χ3n) is 3.17. The third-order valence-corrected chi connectivity index (χ3v) is 4.50. The number of nitrogens with zero attached hydrogens (tertiary/aromatic N) is 1. The molecule has 0 bridgehead atoms. The highest BCUT2D eigenvalue weighted by molar-refractivity contribution is 7.90. The molecular formula is C18H15N3O4S. The first-order valence-corrected chi connectivity index (χ1v) is 8.92. The predicted molar refractivity (Wildman–Crippen MR) is 94.7 cm³/mol. The molecule has 0 spiro atoms. The van der Waals surface area contributed by atoms with Gasteiger partial charge in [-0.1, -0.05) is 36.4 Å². The van der Waals surface area contributed by atoms with Crippen molar-refractivity contribution in [2.75, 3.05) is 0 Å². The third kappa shape index (κ3) is 5.03. The number of nitriles is 1. The summed E-state index contributed by atoms with van der Waals surface area (Å²) in [4.78, 5) is 23.5. The molecule has 2 amide bonds. The number of rotatable bonds is 5. The van der Waals surface area contributed by atoms with Crippen LogP contribution in [-0.2, 0) is 19.6 Å². The van der Waals surface area contributed by atoms with E-state index in [1.54, 1.807) is 30.3 Å². The molecule has 0 heterocycles. The second kappa shape index (κ2) is 8.09. The minimum atomic E-state index is -4.21. The second-order valence-corrected chi connectivity index (χ2v) is 6.91. The highest BCUT2D eigenvalue weighted by atomic mass is 32.2. The van der Waals surface area contributed by atoms with Crippen LogP contribution in [-0.4, -0.2) is 20.2 Å². The largest absolute Gasteiger partial charge is 0.322 e. The quantitative estimate of drug-likeness (QED) is 0.776. The van der Waals surface area contributed by atoms with Gasteiger partial charge in [0.15, 0.2) is 0 Å². The molecule has 0 aliphatic heterocycles. The van der Waals surface area contributed by atoms with Crippen LogP contribution in [0.3, 0.4) is 0 Å². The van der Waals surface area contributed by atoms with Gasteiger partial charge >= 0.3 is 0 Å². The summed E-state index contributed by atoms with van der Waals surface area (Å²) < 4.78 is 26.6. The molecule has 0 aromatic heterocycles. The summed E-state index contributed by atoms with van der Waals surface area (Å²) in [6, 6.07) is 15.7. The van der Waals surface area contributed by atoms with Crippen molar-refractivity contribution in [1.82, 2.24) is 10.0 Å². The zero-order chi connectivity index (χ0) is 19.2. The van der Waals surface area contributed by atoms with Gasteiger partial charge in [0.2, 0.25) is 5.91 Å². The van der Waals surface area contributed by atoms with Crippen molar-refractivity contribution < 1.29 is 18.0 Å². The molecule has 0 saturated carbocycles. The minimum Gasteiger partial charge on any atom is -0.322 e. The van der Waals surface area contributed by atoms with E-state index in [1.165, 1.54) is 31.2 Å². The van der Waals surface area contributed by atoms with Gasteiger partial charge in [0.25, 0.3) is 15.9 Å². The maximum Gasteiger partial charge on any atom is 0.281 e. The smallest absolute Gasteiger partial charge is 0.281 e. The predicted octanol–water partition coefficient (Wildman–Crippen LogP) is 1.54. The number of nitrogens with one attached hydrogen (secondary N) is 2. The maximum absolute atomic E-state index is 12.4. The van der Waals surface area contributed by atoms with Gasteiger partial charge in [-0.2, -0.15) is 5.26 Å². The number of carbonyl (C=O) groups is 2. The van der Waals surface area contributed by atoms with Crippen LogP contribution in [0.25, 0.3) is 6.08 Å². The van der Waals surface area contributed by atoms with Gasteiger partial charge in [0.1, 0.15) is 5.70 Å². The van der Waals surface area contributed by atoms with Gasteiger partial charge in [-0.25, -0.2) is 13.1 Å². The topological polar surface area (TPSA) is 116 Å². The summed E-state index contributed by atoms with van der Waals surface area (Å²) in [6.45, 7) is 1.21. The van der Waals surface area contributed by atoms with E-state index in [0.717, 1.165) is 6.07 Å². The molecule has 2 aromatic carbocycles. The van der Waals surface area contributed by atoms with Crippen LogP contribution in [0, 0.1) is 11.3 Å². The lowest BCUT2D eigenvalue weighted by Crippen LogP contribution is -2.37. The van der Waals surface area contributed by atoms with Crippen LogP contribution in [0.5, 0.6) is 0 Å². The Hall–Kier alpha value is -3.44. The summed E-state index contributed by atoms with van der Waals surface area (Å²) in [5.74, 6) is -1.52. The Bertz CT molecular complexity index is 1010.